The van der Waals surface area contributed by atoms with E-state index in [0.717, 1.165) is 6.07 Å². The fourth-order valence-corrected chi connectivity index (χ4v) is 5.13. The lowest BCUT2D eigenvalue weighted by Crippen LogP contribution is -2.43. The van der Waals surface area contributed by atoms with Gasteiger partial charge in [0.1, 0.15) is 5.60 Å². The molecular weight excluding hydrogens is 406 g/mol. The molecule has 158 valence electrons. The molecule has 3 rings (SSSR count). The number of ether oxygens (including phenoxy) is 1. The number of amides is 1. The Kier molecular flexibility index (Phi) is 5.01. The quantitative estimate of drug-likeness (QED) is 0.560. The Hall–Kier alpha value is -2.43. The Bertz CT molecular complexity index is 920. The van der Waals surface area contributed by atoms with Crippen molar-refractivity contribution in [1.82, 2.24) is 5.32 Å². The number of carbonyl (C=O) groups excluding carboxylic acids is 1. The summed E-state index contributed by atoms with van der Waals surface area (Å²) in [4.78, 5) is 26.6. The smallest absolute Gasteiger partial charge is 0.407 e. The number of halogens is 2. The van der Waals surface area contributed by atoms with Gasteiger partial charge in [-0.15, -0.1) is 0 Å². The number of hydrogen-bond donors (Lipinski definition) is 2. The van der Waals surface area contributed by atoms with Gasteiger partial charge in [0.25, 0.3) is 5.69 Å². The maximum Gasteiger partial charge on any atom is 0.407 e. The summed E-state index contributed by atoms with van der Waals surface area (Å²) in [6, 6.07) is 1.53. The van der Waals surface area contributed by atoms with Crippen LogP contribution in [-0.2, 0) is 10.3 Å². The zero-order valence-electron chi connectivity index (χ0n) is 16.4. The van der Waals surface area contributed by atoms with E-state index in [1.165, 1.54) is 11.8 Å². The zero-order chi connectivity index (χ0) is 21.8. The normalized spacial score (nSPS) is 28.2. The fraction of sp³-hybridized carbons (Fsp3) is 0.556. The summed E-state index contributed by atoms with van der Waals surface area (Å²) in [5, 5.41) is 13.9. The summed E-state index contributed by atoms with van der Waals surface area (Å²) in [5.74, 6) is -2.82. The standard InChI is InChI=1S/C18H22F2N4O4S/c1-16(2,3)28-15(25)22-8-18-7-12(18)17(4,23-14(21)29-18)10-5-9(24(26)27)6-11(19)13(10)20/h5-6,12H,7-8H2,1-4H3,(H2,21,23)(H,22,25)/t12-,17+,18+/m0/s1. The van der Waals surface area contributed by atoms with Crippen LogP contribution in [0.15, 0.2) is 17.1 Å². The highest BCUT2D eigenvalue weighted by Crippen LogP contribution is 2.65. The number of aliphatic imine (C=N–C) groups is 1. The van der Waals surface area contributed by atoms with Crippen LogP contribution in [0.25, 0.3) is 0 Å². The number of amidine groups is 1. The molecule has 3 atom stereocenters. The van der Waals surface area contributed by atoms with Crippen molar-refractivity contribution >= 4 is 28.7 Å². The van der Waals surface area contributed by atoms with Crippen molar-refractivity contribution in [2.75, 3.05) is 6.54 Å². The number of nitrogens with zero attached hydrogens (tertiary/aromatic N) is 2. The molecule has 0 saturated heterocycles. The summed E-state index contributed by atoms with van der Waals surface area (Å²) in [6.45, 7) is 6.97. The van der Waals surface area contributed by atoms with Crippen molar-refractivity contribution in [3.05, 3.63) is 39.4 Å². The van der Waals surface area contributed by atoms with Crippen LogP contribution >= 0.6 is 11.8 Å². The number of nitro benzene ring substituents is 1. The van der Waals surface area contributed by atoms with E-state index < -0.39 is 44.2 Å². The molecule has 1 aromatic carbocycles. The highest BCUT2D eigenvalue weighted by molar-refractivity contribution is 8.15. The third kappa shape index (κ3) is 4.00. The molecular formula is C18H22F2N4O4S. The molecule has 1 saturated carbocycles. The van der Waals surface area contributed by atoms with Gasteiger partial charge >= 0.3 is 6.09 Å². The molecule has 1 fully saturated rings. The highest BCUT2D eigenvalue weighted by atomic mass is 32.2. The van der Waals surface area contributed by atoms with Crippen LogP contribution in [0.3, 0.4) is 0 Å². The molecule has 2 aliphatic rings. The zero-order valence-corrected chi connectivity index (χ0v) is 17.2. The van der Waals surface area contributed by atoms with Gasteiger partial charge in [-0.25, -0.2) is 13.6 Å². The maximum atomic E-state index is 14.6. The van der Waals surface area contributed by atoms with Crippen molar-refractivity contribution in [2.45, 2.75) is 50.0 Å². The van der Waals surface area contributed by atoms with E-state index in [4.69, 9.17) is 10.5 Å². The Labute approximate surface area is 170 Å². The van der Waals surface area contributed by atoms with Gasteiger partial charge < -0.3 is 15.8 Å². The van der Waals surface area contributed by atoms with E-state index in [0.29, 0.717) is 12.5 Å². The van der Waals surface area contributed by atoms with Crippen molar-refractivity contribution < 1.29 is 23.2 Å². The predicted octanol–water partition coefficient (Wildman–Crippen LogP) is 3.43. The Morgan fingerprint density at radius 3 is 2.72 bits per heavy atom. The first-order valence-electron chi connectivity index (χ1n) is 8.92. The molecule has 1 heterocycles. The molecule has 0 radical (unpaired) electrons. The van der Waals surface area contributed by atoms with E-state index >= 15 is 0 Å². The molecule has 0 bridgehead atoms. The molecule has 8 nitrogen and oxygen atoms in total. The van der Waals surface area contributed by atoms with Gasteiger partial charge in [-0.3, -0.25) is 15.1 Å². The number of non-ortho nitro benzene ring substituents is 1. The summed E-state index contributed by atoms with van der Waals surface area (Å²) < 4.78 is 33.3. The number of benzene rings is 1. The third-order valence-electron chi connectivity index (χ3n) is 5.05. The number of hydrogen-bond acceptors (Lipinski definition) is 7. The van der Waals surface area contributed by atoms with E-state index in [2.05, 4.69) is 10.3 Å². The molecule has 1 aliphatic heterocycles. The number of carbonyl (C=O) groups is 1. The molecule has 1 amide bonds. The Morgan fingerprint density at radius 2 is 2.14 bits per heavy atom. The van der Waals surface area contributed by atoms with Gasteiger partial charge in [0.2, 0.25) is 0 Å². The SMILES string of the molecule is CC(C)(C)OC(=O)NC[C@]12C[C@H]1[C@@](C)(c1cc([N+](=O)[O-])cc(F)c1F)N=C(N)S2. The summed E-state index contributed by atoms with van der Waals surface area (Å²) in [6.07, 6.45) is -0.0914. The Morgan fingerprint density at radius 1 is 1.48 bits per heavy atom. The van der Waals surface area contributed by atoms with E-state index in [1.54, 1.807) is 27.7 Å². The minimum Gasteiger partial charge on any atom is -0.444 e. The largest absolute Gasteiger partial charge is 0.444 e. The first-order valence-corrected chi connectivity index (χ1v) is 9.74. The van der Waals surface area contributed by atoms with Gasteiger partial charge in [-0.2, -0.15) is 0 Å². The van der Waals surface area contributed by atoms with Gasteiger partial charge in [-0.1, -0.05) is 11.8 Å². The maximum absolute atomic E-state index is 14.6. The molecule has 0 spiro atoms. The lowest BCUT2D eigenvalue weighted by atomic mass is 9.85. The monoisotopic (exact) mass is 428 g/mol. The van der Waals surface area contributed by atoms with Crippen LogP contribution in [0.2, 0.25) is 0 Å². The number of alkyl carbamates (subject to hydrolysis) is 1. The van der Waals surface area contributed by atoms with Crippen LogP contribution in [0, 0.1) is 27.7 Å². The fourth-order valence-electron chi connectivity index (χ4n) is 3.71. The van der Waals surface area contributed by atoms with Crippen LogP contribution in [0.1, 0.15) is 39.7 Å². The van der Waals surface area contributed by atoms with Crippen LogP contribution in [0.5, 0.6) is 0 Å². The number of thioether (sulfide) groups is 1. The minimum absolute atomic E-state index is 0.138. The summed E-state index contributed by atoms with van der Waals surface area (Å²) in [5.41, 5.74) is 3.21. The van der Waals surface area contributed by atoms with E-state index in [1.807, 2.05) is 0 Å². The third-order valence-corrected chi connectivity index (χ3v) is 6.36. The summed E-state index contributed by atoms with van der Waals surface area (Å²) >= 11 is 1.25. The van der Waals surface area contributed by atoms with E-state index in [-0.39, 0.29) is 23.2 Å². The average Bonchev–Trinajstić information content (AvgIpc) is 3.29. The van der Waals surface area contributed by atoms with Gasteiger partial charge in [-0.05, 0) is 34.1 Å². The second-order valence-electron chi connectivity index (χ2n) is 8.42. The molecule has 1 aromatic rings. The number of nitrogens with two attached hydrogens (primary N) is 1. The topological polar surface area (TPSA) is 120 Å². The Balaban J connectivity index is 1.90. The van der Waals surface area contributed by atoms with Crippen LogP contribution < -0.4 is 11.1 Å². The lowest BCUT2D eigenvalue weighted by molar-refractivity contribution is -0.385. The summed E-state index contributed by atoms with van der Waals surface area (Å²) in [7, 11) is 0. The van der Waals surface area contributed by atoms with Gasteiger partial charge in [0.05, 0.1) is 16.5 Å². The van der Waals surface area contributed by atoms with Crippen molar-refractivity contribution in [1.29, 1.82) is 0 Å². The second-order valence-corrected chi connectivity index (χ2v) is 9.86. The minimum atomic E-state index is -1.32. The van der Waals surface area contributed by atoms with Gasteiger partial charge in [0, 0.05) is 28.8 Å². The molecule has 0 unspecified atom stereocenters. The van der Waals surface area contributed by atoms with Crippen LogP contribution in [-0.4, -0.2) is 33.1 Å². The van der Waals surface area contributed by atoms with E-state index in [9.17, 15) is 23.7 Å². The van der Waals surface area contributed by atoms with Crippen molar-refractivity contribution in [2.24, 2.45) is 16.6 Å². The van der Waals surface area contributed by atoms with Crippen molar-refractivity contribution in [3.8, 4) is 0 Å². The first kappa shape index (κ1) is 21.3. The lowest BCUT2D eigenvalue weighted by Gasteiger charge is -2.34. The number of nitrogens with one attached hydrogen (secondary N) is 1. The number of rotatable bonds is 4. The second kappa shape index (κ2) is 6.82. The number of nitro groups is 1. The molecule has 11 heteroatoms. The first-order chi connectivity index (χ1) is 13.3. The van der Waals surface area contributed by atoms with Crippen LogP contribution in [0.4, 0.5) is 19.3 Å². The average molecular weight is 428 g/mol. The molecule has 3 N–H and O–H groups in total. The molecule has 29 heavy (non-hydrogen) atoms. The molecule has 0 aromatic heterocycles. The highest BCUT2D eigenvalue weighted by Gasteiger charge is 2.66. The van der Waals surface area contributed by atoms with Gasteiger partial charge in [0.15, 0.2) is 16.8 Å². The predicted molar refractivity (Wildman–Crippen MR) is 105 cm³/mol. The molecule has 1 aliphatic carbocycles. The van der Waals surface area contributed by atoms with Crippen molar-refractivity contribution in [3.63, 3.8) is 0 Å². The number of fused-ring (bicyclic) bond motifs is 1.